The number of hydrogen-bond donors (Lipinski definition) is 2. The Bertz CT molecular complexity index is 1520. The highest BCUT2D eigenvalue weighted by Crippen LogP contribution is 2.32. The number of carbonyl (C=O) groups excluding carboxylic acids is 3. The molecule has 8 nitrogen and oxygen atoms in total. The number of aryl methyl sites for hydroxylation is 2. The Morgan fingerprint density at radius 3 is 2.06 bits per heavy atom. The van der Waals surface area contributed by atoms with Crippen LogP contribution in [0.15, 0.2) is 60.7 Å². The van der Waals surface area contributed by atoms with E-state index in [-0.39, 0.29) is 28.1 Å². The van der Waals surface area contributed by atoms with Gasteiger partial charge in [0, 0.05) is 16.9 Å². The fraction of sp³-hybridized carbons (Fsp3) is 0.125. The molecule has 0 aliphatic carbocycles. The molecule has 1 aliphatic rings. The molecule has 2 N–H and O–H groups in total. The summed E-state index contributed by atoms with van der Waals surface area (Å²) in [7, 11) is -5.59. The molecule has 0 fully saturated rings. The van der Waals surface area contributed by atoms with E-state index in [2.05, 4.69) is 5.32 Å². The minimum absolute atomic E-state index is 0.0183. The summed E-state index contributed by atoms with van der Waals surface area (Å²) >= 11 is 0. The van der Waals surface area contributed by atoms with Gasteiger partial charge in [0.15, 0.2) is 0 Å². The zero-order valence-corrected chi connectivity index (χ0v) is 19.6. The molecule has 4 rings (SSSR count). The number of carbonyl (C=O) groups is 3. The monoisotopic (exact) mass is 517 g/mol. The van der Waals surface area contributed by atoms with Crippen LogP contribution < -0.4 is 14.9 Å². The van der Waals surface area contributed by atoms with Crippen LogP contribution in [0.25, 0.3) is 0 Å². The molecule has 0 radical (unpaired) electrons. The third kappa shape index (κ3) is 4.54. The molecule has 1 heterocycles. The van der Waals surface area contributed by atoms with E-state index in [0.29, 0.717) is 5.69 Å². The number of nitrogens with one attached hydrogen (secondary N) is 2. The van der Waals surface area contributed by atoms with Crippen molar-refractivity contribution in [3.8, 4) is 0 Å². The Morgan fingerprint density at radius 1 is 0.833 bits per heavy atom. The van der Waals surface area contributed by atoms with Gasteiger partial charge in [0.25, 0.3) is 17.7 Å². The van der Waals surface area contributed by atoms with Crippen LogP contribution in [0.1, 0.15) is 42.2 Å². The predicted octanol–water partition coefficient (Wildman–Crippen LogP) is 4.62. The lowest BCUT2D eigenvalue weighted by molar-refractivity contribution is -0.0429. The van der Waals surface area contributed by atoms with E-state index in [9.17, 15) is 36.0 Å². The van der Waals surface area contributed by atoms with E-state index in [1.807, 2.05) is 13.0 Å². The third-order valence-corrected chi connectivity index (χ3v) is 6.56. The molecule has 3 aromatic carbocycles. The summed E-state index contributed by atoms with van der Waals surface area (Å²) in [4.78, 5) is 39.6. The van der Waals surface area contributed by atoms with Crippen molar-refractivity contribution >= 4 is 44.8 Å². The second-order valence-electron chi connectivity index (χ2n) is 8.08. The lowest BCUT2D eigenvalue weighted by Crippen LogP contribution is -2.30. The zero-order valence-electron chi connectivity index (χ0n) is 18.8. The molecule has 0 bridgehead atoms. The van der Waals surface area contributed by atoms with Gasteiger partial charge in [0.2, 0.25) is 0 Å². The number of anilines is 3. The number of fused-ring (bicyclic) bond motifs is 1. The first-order chi connectivity index (χ1) is 16.8. The van der Waals surface area contributed by atoms with Crippen LogP contribution in [-0.2, 0) is 10.0 Å². The van der Waals surface area contributed by atoms with E-state index in [1.165, 1.54) is 22.9 Å². The van der Waals surface area contributed by atoms with Crippen molar-refractivity contribution < 1.29 is 36.0 Å². The number of nitrogens with zero attached hydrogens (tertiary/aromatic N) is 1. The van der Waals surface area contributed by atoms with Crippen LogP contribution in [0, 0.1) is 13.8 Å². The Morgan fingerprint density at radius 2 is 1.44 bits per heavy atom. The van der Waals surface area contributed by atoms with Gasteiger partial charge in [-0.25, -0.2) is 4.90 Å². The van der Waals surface area contributed by atoms with Gasteiger partial charge in [0.05, 0.1) is 16.8 Å². The van der Waals surface area contributed by atoms with E-state index >= 15 is 0 Å². The summed E-state index contributed by atoms with van der Waals surface area (Å²) in [6.45, 7) is 3.68. The van der Waals surface area contributed by atoms with Crippen molar-refractivity contribution in [2.24, 2.45) is 0 Å². The van der Waals surface area contributed by atoms with Gasteiger partial charge < -0.3 is 5.32 Å². The average Bonchev–Trinajstić information content (AvgIpc) is 3.03. The second-order valence-corrected chi connectivity index (χ2v) is 9.75. The van der Waals surface area contributed by atoms with Gasteiger partial charge in [-0.2, -0.15) is 21.6 Å². The van der Waals surface area contributed by atoms with Crippen molar-refractivity contribution in [2.45, 2.75) is 19.4 Å². The molecule has 3 aromatic rings. The number of amides is 3. The largest absolute Gasteiger partial charge is 0.516 e. The summed E-state index contributed by atoms with van der Waals surface area (Å²) in [5.41, 5.74) is -3.16. The number of benzene rings is 3. The lowest BCUT2D eigenvalue weighted by Gasteiger charge is -2.16. The second kappa shape index (κ2) is 8.79. The van der Waals surface area contributed by atoms with E-state index in [1.54, 1.807) is 19.1 Å². The molecule has 3 amide bonds. The maximum absolute atomic E-state index is 13.0. The van der Waals surface area contributed by atoms with Crippen molar-refractivity contribution in [3.05, 3.63) is 88.5 Å². The van der Waals surface area contributed by atoms with Crippen molar-refractivity contribution in [1.82, 2.24) is 0 Å². The summed E-state index contributed by atoms with van der Waals surface area (Å²) in [5.74, 6) is -1.70. The summed E-state index contributed by atoms with van der Waals surface area (Å²) in [6.07, 6.45) is 0. The lowest BCUT2D eigenvalue weighted by atomic mass is 10.1. The number of halogens is 3. The van der Waals surface area contributed by atoms with Gasteiger partial charge in [-0.05, 0) is 67.9 Å². The molecular weight excluding hydrogens is 499 g/mol. The van der Waals surface area contributed by atoms with Crippen molar-refractivity contribution in [3.63, 3.8) is 0 Å². The zero-order chi connectivity index (χ0) is 26.4. The fourth-order valence-electron chi connectivity index (χ4n) is 3.70. The van der Waals surface area contributed by atoms with Gasteiger partial charge in [-0.15, -0.1) is 0 Å². The first-order valence-electron chi connectivity index (χ1n) is 10.4. The topological polar surface area (TPSA) is 113 Å². The number of rotatable bonds is 5. The molecule has 186 valence electrons. The van der Waals surface area contributed by atoms with Gasteiger partial charge in [0.1, 0.15) is 0 Å². The maximum atomic E-state index is 13.0. The van der Waals surface area contributed by atoms with Gasteiger partial charge in [-0.1, -0.05) is 17.7 Å². The molecule has 0 saturated carbocycles. The summed E-state index contributed by atoms with van der Waals surface area (Å²) in [5, 5.41) is 2.55. The Labute approximate surface area is 203 Å². The van der Waals surface area contributed by atoms with E-state index in [4.69, 9.17) is 0 Å². The summed E-state index contributed by atoms with van der Waals surface area (Å²) < 4.78 is 61.3. The Kier molecular flexibility index (Phi) is 6.08. The van der Waals surface area contributed by atoms with Crippen LogP contribution in [-0.4, -0.2) is 31.6 Å². The standard InChI is InChI=1S/C24H18F3N3O5S/c1-13-3-10-20(14(2)11-13)30-22(32)18-9-8-17(12-19(18)23(30)33)28-21(31)15-4-6-16(7-5-15)29-36(34,35)24(25,26)27/h3-12,29H,1-2H3,(H,28,31). The molecule has 0 spiro atoms. The average molecular weight is 517 g/mol. The Hall–Kier alpha value is -4.19. The number of hydrogen-bond acceptors (Lipinski definition) is 5. The van der Waals surface area contributed by atoms with Crippen molar-refractivity contribution in [1.29, 1.82) is 0 Å². The highest BCUT2D eigenvalue weighted by atomic mass is 32.2. The third-order valence-electron chi connectivity index (χ3n) is 5.44. The number of imide groups is 1. The van der Waals surface area contributed by atoms with Gasteiger partial charge >= 0.3 is 15.5 Å². The van der Waals surface area contributed by atoms with E-state index in [0.717, 1.165) is 40.3 Å². The molecule has 1 aliphatic heterocycles. The smallest absolute Gasteiger partial charge is 0.322 e. The number of alkyl halides is 3. The molecule has 0 saturated heterocycles. The summed E-state index contributed by atoms with van der Waals surface area (Å²) in [6, 6.07) is 13.8. The molecule has 0 atom stereocenters. The fourth-order valence-corrected chi connectivity index (χ4v) is 4.26. The number of sulfonamides is 1. The molecule has 12 heteroatoms. The van der Waals surface area contributed by atoms with Crippen molar-refractivity contribution in [2.75, 3.05) is 14.9 Å². The van der Waals surface area contributed by atoms with Crippen LogP contribution in [0.2, 0.25) is 0 Å². The highest BCUT2D eigenvalue weighted by molar-refractivity contribution is 7.93. The molecule has 0 aromatic heterocycles. The van der Waals surface area contributed by atoms with Crippen LogP contribution >= 0.6 is 0 Å². The minimum Gasteiger partial charge on any atom is -0.322 e. The first kappa shape index (κ1) is 24.9. The minimum atomic E-state index is -5.59. The van der Waals surface area contributed by atoms with Gasteiger partial charge in [-0.3, -0.25) is 19.1 Å². The SMILES string of the molecule is Cc1ccc(N2C(=O)c3ccc(NC(=O)c4ccc(NS(=O)(=O)C(F)(F)F)cc4)cc3C2=O)c(C)c1. The highest BCUT2D eigenvalue weighted by Gasteiger charge is 2.46. The van der Waals surface area contributed by atoms with Crippen LogP contribution in [0.3, 0.4) is 0 Å². The normalized spacial score (nSPS) is 13.5. The predicted molar refractivity (Wildman–Crippen MR) is 126 cm³/mol. The molecular formula is C24H18F3N3O5S. The molecule has 36 heavy (non-hydrogen) atoms. The van der Waals surface area contributed by atoms with Crippen LogP contribution in [0.5, 0.6) is 0 Å². The first-order valence-corrected chi connectivity index (χ1v) is 11.9. The quantitative estimate of drug-likeness (QED) is 0.480. The van der Waals surface area contributed by atoms with Crippen LogP contribution in [0.4, 0.5) is 30.2 Å². The maximum Gasteiger partial charge on any atom is 0.516 e. The van der Waals surface area contributed by atoms with E-state index < -0.39 is 33.3 Å². The Balaban J connectivity index is 1.52. The molecule has 0 unspecified atom stereocenters.